The van der Waals surface area contributed by atoms with Gasteiger partial charge in [-0.2, -0.15) is 5.26 Å². The van der Waals surface area contributed by atoms with Crippen molar-refractivity contribution in [1.82, 2.24) is 10.3 Å². The number of nitrogens with zero attached hydrogens (tertiary/aromatic N) is 1. The molecule has 0 bridgehead atoms. The molecule has 2 aromatic rings. The molecule has 2 rings (SSSR count). The average Bonchev–Trinajstić information content (AvgIpc) is 2.88. The number of hydrogen-bond donors (Lipinski definition) is 2. The lowest BCUT2D eigenvalue weighted by atomic mass is 10.1. The quantitative estimate of drug-likeness (QED) is 0.846. The molecule has 1 atom stereocenters. The van der Waals surface area contributed by atoms with Crippen LogP contribution in [0, 0.1) is 11.3 Å². The van der Waals surface area contributed by atoms with Crippen molar-refractivity contribution in [3.63, 3.8) is 0 Å². The van der Waals surface area contributed by atoms with Gasteiger partial charge >= 0.3 is 0 Å². The number of aromatic amines is 1. The lowest BCUT2D eigenvalue weighted by Gasteiger charge is -2.13. The number of H-pyrrole nitrogens is 1. The fourth-order valence-corrected chi connectivity index (χ4v) is 2.29. The summed E-state index contributed by atoms with van der Waals surface area (Å²) in [4.78, 5) is 15.1. The third kappa shape index (κ3) is 3.39. The molecule has 4 nitrogen and oxygen atoms in total. The summed E-state index contributed by atoms with van der Waals surface area (Å²) in [7, 11) is 0. The van der Waals surface area contributed by atoms with Crippen LogP contribution in [0.5, 0.6) is 0 Å². The largest absolute Gasteiger partial charge is 0.361 e. The van der Waals surface area contributed by atoms with Crippen LogP contribution in [0.2, 0.25) is 0 Å². The number of para-hydroxylation sites is 1. The van der Waals surface area contributed by atoms with Gasteiger partial charge in [0.1, 0.15) is 0 Å². The fourth-order valence-electron chi connectivity index (χ4n) is 2.29. The van der Waals surface area contributed by atoms with Gasteiger partial charge in [-0.3, -0.25) is 4.79 Å². The maximum absolute atomic E-state index is 11.9. The van der Waals surface area contributed by atoms with E-state index in [0.29, 0.717) is 19.3 Å². The number of aryl methyl sites for hydroxylation is 1. The van der Waals surface area contributed by atoms with Gasteiger partial charge in [-0.25, -0.2) is 0 Å². The number of benzene rings is 1. The highest BCUT2D eigenvalue weighted by Gasteiger charge is 2.11. The van der Waals surface area contributed by atoms with E-state index in [1.807, 2.05) is 31.3 Å². The minimum atomic E-state index is -0.0320. The molecule has 1 aromatic carbocycles. The number of amides is 1. The second-order valence-corrected chi connectivity index (χ2v) is 4.89. The number of carbonyl (C=O) groups excluding carboxylic acids is 1. The predicted molar refractivity (Wildman–Crippen MR) is 79.1 cm³/mol. The molecule has 1 aromatic heterocycles. The van der Waals surface area contributed by atoms with Gasteiger partial charge in [0.15, 0.2) is 0 Å². The first-order chi connectivity index (χ1) is 9.74. The summed E-state index contributed by atoms with van der Waals surface area (Å²) in [5.41, 5.74) is 2.25. The first kappa shape index (κ1) is 14.1. The Balaban J connectivity index is 1.92. The number of nitrogens with one attached hydrogen (secondary N) is 2. The van der Waals surface area contributed by atoms with Crippen LogP contribution in [0.4, 0.5) is 0 Å². The van der Waals surface area contributed by atoms with Crippen molar-refractivity contribution in [3.8, 4) is 6.07 Å². The van der Waals surface area contributed by atoms with Gasteiger partial charge < -0.3 is 10.3 Å². The molecule has 0 aliphatic carbocycles. The summed E-state index contributed by atoms with van der Waals surface area (Å²) in [5, 5.41) is 12.8. The van der Waals surface area contributed by atoms with E-state index >= 15 is 0 Å². The number of fused-ring (bicyclic) bond motifs is 1. The van der Waals surface area contributed by atoms with Crippen molar-refractivity contribution in [3.05, 3.63) is 36.0 Å². The second-order valence-electron chi connectivity index (χ2n) is 4.89. The maximum Gasteiger partial charge on any atom is 0.220 e. The summed E-state index contributed by atoms with van der Waals surface area (Å²) in [6, 6.07) is 10.1. The number of carbonyl (C=O) groups is 1. The van der Waals surface area contributed by atoms with Crippen molar-refractivity contribution < 1.29 is 4.79 Å². The Kier molecular flexibility index (Phi) is 4.78. The van der Waals surface area contributed by atoms with Crippen LogP contribution >= 0.6 is 0 Å². The van der Waals surface area contributed by atoms with Gasteiger partial charge in [-0.05, 0) is 24.5 Å². The van der Waals surface area contributed by atoms with E-state index < -0.39 is 0 Å². The fraction of sp³-hybridized carbons (Fsp3) is 0.375. The van der Waals surface area contributed by atoms with Gasteiger partial charge in [0.05, 0.1) is 12.5 Å². The smallest absolute Gasteiger partial charge is 0.220 e. The van der Waals surface area contributed by atoms with Gasteiger partial charge in [-0.15, -0.1) is 0 Å². The van der Waals surface area contributed by atoms with E-state index in [9.17, 15) is 4.79 Å². The standard InChI is InChI=1S/C16H19N3O/c1-2-13(9-10-17)19-16(20)8-7-12-11-18-15-6-4-3-5-14(12)15/h3-6,11,13,18H,2,7-9H2,1H3,(H,19,20). The molecule has 0 saturated heterocycles. The van der Waals surface area contributed by atoms with Gasteiger partial charge in [0, 0.05) is 29.6 Å². The van der Waals surface area contributed by atoms with E-state index in [0.717, 1.165) is 17.5 Å². The Morgan fingerprint density at radius 1 is 1.45 bits per heavy atom. The molecule has 0 aliphatic rings. The van der Waals surface area contributed by atoms with Crippen LogP contribution in [0.25, 0.3) is 10.9 Å². The Morgan fingerprint density at radius 2 is 2.25 bits per heavy atom. The van der Waals surface area contributed by atoms with Crippen LogP contribution in [0.15, 0.2) is 30.5 Å². The molecule has 20 heavy (non-hydrogen) atoms. The normalized spacial score (nSPS) is 12.0. The van der Waals surface area contributed by atoms with Crippen molar-refractivity contribution in [2.75, 3.05) is 0 Å². The van der Waals surface area contributed by atoms with Gasteiger partial charge in [0.25, 0.3) is 0 Å². The average molecular weight is 269 g/mol. The Hall–Kier alpha value is -2.28. The molecule has 0 fully saturated rings. The van der Waals surface area contributed by atoms with Crippen molar-refractivity contribution in [1.29, 1.82) is 5.26 Å². The highest BCUT2D eigenvalue weighted by atomic mass is 16.1. The molecule has 1 amide bonds. The zero-order chi connectivity index (χ0) is 14.4. The molecule has 0 aliphatic heterocycles. The molecule has 1 heterocycles. The highest BCUT2D eigenvalue weighted by molar-refractivity contribution is 5.84. The van der Waals surface area contributed by atoms with Gasteiger partial charge in [-0.1, -0.05) is 25.1 Å². The molecule has 2 N–H and O–H groups in total. The maximum atomic E-state index is 11.9. The third-order valence-corrected chi connectivity index (χ3v) is 3.49. The third-order valence-electron chi connectivity index (χ3n) is 3.49. The van der Waals surface area contributed by atoms with Crippen LogP contribution < -0.4 is 5.32 Å². The molecular weight excluding hydrogens is 250 g/mol. The van der Waals surface area contributed by atoms with E-state index in [1.54, 1.807) is 0 Å². The summed E-state index contributed by atoms with van der Waals surface area (Å²) in [5.74, 6) is 0.0115. The molecule has 4 heteroatoms. The van der Waals surface area contributed by atoms with Crippen molar-refractivity contribution >= 4 is 16.8 Å². The lowest BCUT2D eigenvalue weighted by molar-refractivity contribution is -0.121. The van der Waals surface area contributed by atoms with Crippen LogP contribution in [-0.2, 0) is 11.2 Å². The summed E-state index contributed by atoms with van der Waals surface area (Å²) in [6.45, 7) is 1.97. The topological polar surface area (TPSA) is 68.7 Å². The lowest BCUT2D eigenvalue weighted by Crippen LogP contribution is -2.34. The van der Waals surface area contributed by atoms with Crippen LogP contribution in [0.1, 0.15) is 31.7 Å². The number of rotatable bonds is 6. The SMILES string of the molecule is CCC(CC#N)NC(=O)CCc1c[nH]c2ccccc12. The summed E-state index contributed by atoms with van der Waals surface area (Å²) >= 11 is 0. The first-order valence-corrected chi connectivity index (χ1v) is 6.96. The molecule has 0 radical (unpaired) electrons. The minimum Gasteiger partial charge on any atom is -0.361 e. The molecule has 0 spiro atoms. The molecule has 1 unspecified atom stereocenters. The van der Waals surface area contributed by atoms with E-state index in [1.165, 1.54) is 5.39 Å². The summed E-state index contributed by atoms with van der Waals surface area (Å²) < 4.78 is 0. The number of aromatic nitrogens is 1. The number of hydrogen-bond acceptors (Lipinski definition) is 2. The number of nitriles is 1. The van der Waals surface area contributed by atoms with Gasteiger partial charge in [0.2, 0.25) is 5.91 Å². The second kappa shape index (κ2) is 6.76. The van der Waals surface area contributed by atoms with Crippen molar-refractivity contribution in [2.24, 2.45) is 0 Å². The Bertz CT molecular complexity index is 624. The predicted octanol–water partition coefficient (Wildman–Crippen LogP) is 2.91. The zero-order valence-corrected chi connectivity index (χ0v) is 11.6. The van der Waals surface area contributed by atoms with Crippen LogP contribution in [-0.4, -0.2) is 16.9 Å². The van der Waals surface area contributed by atoms with E-state index in [2.05, 4.69) is 22.4 Å². The van der Waals surface area contributed by atoms with E-state index in [-0.39, 0.29) is 11.9 Å². The van der Waals surface area contributed by atoms with Crippen molar-refractivity contribution in [2.45, 2.75) is 38.6 Å². The monoisotopic (exact) mass is 269 g/mol. The molecule has 104 valence electrons. The highest BCUT2D eigenvalue weighted by Crippen LogP contribution is 2.18. The summed E-state index contributed by atoms with van der Waals surface area (Å²) in [6.07, 6.45) is 4.27. The zero-order valence-electron chi connectivity index (χ0n) is 11.6. The molecule has 0 saturated carbocycles. The molecular formula is C16H19N3O. The Morgan fingerprint density at radius 3 is 3.00 bits per heavy atom. The first-order valence-electron chi connectivity index (χ1n) is 6.96. The van der Waals surface area contributed by atoms with Crippen LogP contribution in [0.3, 0.4) is 0 Å². The minimum absolute atomic E-state index is 0.0115. The van der Waals surface area contributed by atoms with E-state index in [4.69, 9.17) is 5.26 Å². The Labute approximate surface area is 118 Å².